The van der Waals surface area contributed by atoms with E-state index in [1.165, 1.54) is 12.2 Å². The average molecular weight is 219 g/mol. The van der Waals surface area contributed by atoms with Gasteiger partial charge in [-0.2, -0.15) is 11.8 Å². The van der Waals surface area contributed by atoms with Crippen molar-refractivity contribution in [2.45, 2.75) is 26.7 Å². The van der Waals surface area contributed by atoms with Gasteiger partial charge in [-0.3, -0.25) is 4.79 Å². The molecule has 0 unspecified atom stereocenters. The summed E-state index contributed by atoms with van der Waals surface area (Å²) in [5.74, 6) is 0.443. The second-order valence-corrected chi connectivity index (χ2v) is 5.05. The third-order valence-electron chi connectivity index (χ3n) is 2.10. The van der Waals surface area contributed by atoms with E-state index in [-0.39, 0.29) is 0 Å². The minimum Gasteiger partial charge on any atom is -0.481 e. The quantitative estimate of drug-likeness (QED) is 0.612. The Morgan fingerprint density at radius 2 is 2.07 bits per heavy atom. The van der Waals surface area contributed by atoms with Crippen LogP contribution in [0.5, 0.6) is 0 Å². The molecule has 0 bridgehead atoms. The smallest absolute Gasteiger partial charge is 0.310 e. The average Bonchev–Trinajstić information content (AvgIpc) is 2.10. The van der Waals surface area contributed by atoms with Crippen LogP contribution in [0.2, 0.25) is 0 Å². The Balaban J connectivity index is 3.40. The highest BCUT2D eigenvalue weighted by Crippen LogP contribution is 2.12. The van der Waals surface area contributed by atoms with Crippen LogP contribution >= 0.6 is 11.8 Å². The van der Waals surface area contributed by atoms with E-state index in [0.717, 1.165) is 13.0 Å². The van der Waals surface area contributed by atoms with Crippen LogP contribution in [0.15, 0.2) is 0 Å². The van der Waals surface area contributed by atoms with E-state index >= 15 is 0 Å². The maximum absolute atomic E-state index is 10.7. The molecule has 0 aliphatic rings. The van der Waals surface area contributed by atoms with Crippen molar-refractivity contribution in [3.63, 3.8) is 0 Å². The first-order valence-electron chi connectivity index (χ1n) is 4.94. The largest absolute Gasteiger partial charge is 0.481 e. The first-order chi connectivity index (χ1) is 6.50. The van der Waals surface area contributed by atoms with Gasteiger partial charge in [0.25, 0.3) is 0 Å². The summed E-state index contributed by atoms with van der Waals surface area (Å²) in [6.07, 6.45) is 4.42. The maximum atomic E-state index is 10.7. The summed E-state index contributed by atoms with van der Waals surface area (Å²) in [6, 6.07) is 0. The van der Waals surface area contributed by atoms with Crippen LogP contribution in [0.1, 0.15) is 26.7 Å². The summed E-state index contributed by atoms with van der Waals surface area (Å²) < 4.78 is 0. The first kappa shape index (κ1) is 13.8. The highest BCUT2D eigenvalue weighted by molar-refractivity contribution is 7.98. The predicted molar refractivity (Wildman–Crippen MR) is 61.9 cm³/mol. The van der Waals surface area contributed by atoms with Gasteiger partial charge in [0.1, 0.15) is 0 Å². The zero-order valence-corrected chi connectivity index (χ0v) is 10.1. The minimum atomic E-state index is -0.742. The van der Waals surface area contributed by atoms with Crippen molar-refractivity contribution >= 4 is 17.7 Å². The Morgan fingerprint density at radius 3 is 2.57 bits per heavy atom. The van der Waals surface area contributed by atoms with Gasteiger partial charge in [-0.15, -0.1) is 0 Å². The molecule has 0 saturated heterocycles. The molecule has 0 aliphatic carbocycles. The molecule has 0 spiro atoms. The molecule has 84 valence electrons. The monoisotopic (exact) mass is 219 g/mol. The Labute approximate surface area is 90.7 Å². The number of hydrogen-bond acceptors (Lipinski definition) is 3. The van der Waals surface area contributed by atoms with Crippen LogP contribution in [-0.4, -0.2) is 36.2 Å². The van der Waals surface area contributed by atoms with Crippen molar-refractivity contribution in [2.24, 2.45) is 5.41 Å². The van der Waals surface area contributed by atoms with Crippen molar-refractivity contribution in [1.29, 1.82) is 0 Å². The molecule has 0 atom stereocenters. The lowest BCUT2D eigenvalue weighted by molar-refractivity contribution is -0.146. The van der Waals surface area contributed by atoms with Gasteiger partial charge >= 0.3 is 5.97 Å². The van der Waals surface area contributed by atoms with Crippen LogP contribution in [0.4, 0.5) is 0 Å². The van der Waals surface area contributed by atoms with Gasteiger partial charge in [0.2, 0.25) is 0 Å². The summed E-state index contributed by atoms with van der Waals surface area (Å²) in [7, 11) is 0. The number of rotatable bonds is 8. The van der Waals surface area contributed by atoms with Gasteiger partial charge in [-0.05, 0) is 45.2 Å². The van der Waals surface area contributed by atoms with Gasteiger partial charge in [0.05, 0.1) is 5.41 Å². The number of carbonyl (C=O) groups is 1. The number of nitrogens with one attached hydrogen (secondary N) is 1. The number of carboxylic acid groups (broad SMARTS) is 1. The summed E-state index contributed by atoms with van der Waals surface area (Å²) in [5, 5.41) is 12.0. The molecule has 0 aromatic rings. The number of carboxylic acids is 1. The van der Waals surface area contributed by atoms with E-state index < -0.39 is 11.4 Å². The Hall–Kier alpha value is -0.220. The molecule has 3 nitrogen and oxygen atoms in total. The Bertz CT molecular complexity index is 172. The molecule has 0 rings (SSSR count). The second kappa shape index (κ2) is 7.12. The second-order valence-electron chi connectivity index (χ2n) is 4.07. The van der Waals surface area contributed by atoms with Crippen LogP contribution < -0.4 is 5.32 Å². The summed E-state index contributed by atoms with van der Waals surface area (Å²) >= 11 is 1.85. The number of thioether (sulfide) groups is 1. The highest BCUT2D eigenvalue weighted by atomic mass is 32.2. The van der Waals surface area contributed by atoms with Crippen molar-refractivity contribution in [1.82, 2.24) is 5.32 Å². The van der Waals surface area contributed by atoms with E-state index in [1.807, 2.05) is 11.8 Å². The fraction of sp³-hybridized carbons (Fsp3) is 0.900. The van der Waals surface area contributed by atoms with Crippen LogP contribution in [-0.2, 0) is 4.79 Å². The fourth-order valence-corrected chi connectivity index (χ4v) is 1.47. The number of hydrogen-bond donors (Lipinski definition) is 2. The van der Waals surface area contributed by atoms with Crippen molar-refractivity contribution < 1.29 is 9.90 Å². The molecule has 0 radical (unpaired) electrons. The number of aliphatic carboxylic acids is 1. The van der Waals surface area contributed by atoms with E-state index in [9.17, 15) is 4.79 Å². The van der Waals surface area contributed by atoms with E-state index in [0.29, 0.717) is 6.54 Å². The molecular weight excluding hydrogens is 198 g/mol. The molecule has 0 amide bonds. The summed E-state index contributed by atoms with van der Waals surface area (Å²) in [5.41, 5.74) is -0.653. The molecule has 4 heteroatoms. The molecule has 0 fully saturated rings. The lowest BCUT2D eigenvalue weighted by Crippen LogP contribution is -2.36. The zero-order chi connectivity index (χ0) is 11.0. The summed E-state index contributed by atoms with van der Waals surface area (Å²) in [4.78, 5) is 10.7. The predicted octanol–water partition coefficient (Wildman–Crippen LogP) is 1.83. The van der Waals surface area contributed by atoms with Gasteiger partial charge in [-0.25, -0.2) is 0 Å². The lowest BCUT2D eigenvalue weighted by atomic mass is 9.94. The standard InChI is InChI=1S/C10H21NO2S/c1-10(2,9(12)13)8-11-6-4-5-7-14-3/h11H,4-8H2,1-3H3,(H,12,13). The van der Waals surface area contributed by atoms with Crippen molar-refractivity contribution in [2.75, 3.05) is 25.1 Å². The Morgan fingerprint density at radius 1 is 1.43 bits per heavy atom. The van der Waals surface area contributed by atoms with Crippen LogP contribution in [0.25, 0.3) is 0 Å². The van der Waals surface area contributed by atoms with Crippen molar-refractivity contribution in [3.05, 3.63) is 0 Å². The fourth-order valence-electron chi connectivity index (χ4n) is 0.973. The molecule has 14 heavy (non-hydrogen) atoms. The molecule has 0 aromatic heterocycles. The zero-order valence-electron chi connectivity index (χ0n) is 9.30. The number of unbranched alkanes of at least 4 members (excludes halogenated alkanes) is 1. The van der Waals surface area contributed by atoms with Crippen LogP contribution in [0.3, 0.4) is 0 Å². The third kappa shape index (κ3) is 6.27. The van der Waals surface area contributed by atoms with Gasteiger partial charge < -0.3 is 10.4 Å². The van der Waals surface area contributed by atoms with Gasteiger partial charge in [-0.1, -0.05) is 0 Å². The molecule has 0 aliphatic heterocycles. The van der Waals surface area contributed by atoms with E-state index in [2.05, 4.69) is 11.6 Å². The van der Waals surface area contributed by atoms with E-state index in [4.69, 9.17) is 5.11 Å². The topological polar surface area (TPSA) is 49.3 Å². The van der Waals surface area contributed by atoms with Crippen LogP contribution in [0, 0.1) is 5.41 Å². The maximum Gasteiger partial charge on any atom is 0.310 e. The van der Waals surface area contributed by atoms with Crippen molar-refractivity contribution in [3.8, 4) is 0 Å². The minimum absolute atomic E-state index is 0.543. The summed E-state index contributed by atoms with van der Waals surface area (Å²) in [6.45, 7) is 4.94. The Kier molecular flexibility index (Phi) is 7.01. The first-order valence-corrected chi connectivity index (χ1v) is 6.33. The van der Waals surface area contributed by atoms with E-state index in [1.54, 1.807) is 13.8 Å². The SMILES string of the molecule is CSCCCCNCC(C)(C)C(=O)O. The lowest BCUT2D eigenvalue weighted by Gasteiger charge is -2.19. The molecule has 0 heterocycles. The molecular formula is C10H21NO2S. The molecule has 0 saturated carbocycles. The molecule has 0 aromatic carbocycles. The van der Waals surface area contributed by atoms with Gasteiger partial charge in [0.15, 0.2) is 0 Å². The normalized spacial score (nSPS) is 11.6. The third-order valence-corrected chi connectivity index (χ3v) is 2.79. The highest BCUT2D eigenvalue weighted by Gasteiger charge is 2.25. The van der Waals surface area contributed by atoms with Gasteiger partial charge in [0, 0.05) is 6.54 Å². The molecule has 2 N–H and O–H groups in total.